The van der Waals surface area contributed by atoms with Gasteiger partial charge in [0.05, 0.1) is 13.5 Å². The third kappa shape index (κ3) is 6.35. The molecular weight excluding hydrogens is 483 g/mol. The van der Waals surface area contributed by atoms with Crippen LogP contribution in [0, 0.1) is 0 Å². The lowest BCUT2D eigenvalue weighted by molar-refractivity contribution is -0.215. The van der Waals surface area contributed by atoms with Crippen molar-refractivity contribution in [2.75, 3.05) is 20.8 Å². The highest BCUT2D eigenvalue weighted by molar-refractivity contribution is 7.43. The lowest BCUT2D eigenvalue weighted by Crippen LogP contribution is -2.48. The molecule has 0 spiro atoms. The normalized spacial score (nSPS) is 14.2. The molecule has 7 heteroatoms. The predicted octanol–water partition coefficient (Wildman–Crippen LogP) is 6.70. The van der Waals surface area contributed by atoms with Crippen molar-refractivity contribution in [2.24, 2.45) is 0 Å². The third-order valence-corrected chi connectivity index (χ3v) is 8.84. The summed E-state index contributed by atoms with van der Waals surface area (Å²) < 4.78 is 30.1. The molecule has 0 aromatic heterocycles. The van der Waals surface area contributed by atoms with Crippen molar-refractivity contribution in [1.82, 2.24) is 10.2 Å². The maximum atomic E-state index is 14.6. The van der Waals surface area contributed by atoms with E-state index in [0.29, 0.717) is 6.54 Å². The molecule has 0 aliphatic rings. The Hall–Kier alpha value is -2.44. The van der Waals surface area contributed by atoms with Crippen LogP contribution in [0.1, 0.15) is 50.8 Å². The number of ether oxygens (including phenoxy) is 2. The van der Waals surface area contributed by atoms with Gasteiger partial charge in [-0.15, -0.1) is 0 Å². The smallest absolute Gasteiger partial charge is 0.312 e. The van der Waals surface area contributed by atoms with Gasteiger partial charge in [-0.05, 0) is 49.0 Å². The van der Waals surface area contributed by atoms with Crippen molar-refractivity contribution >= 4 is 7.95 Å². The fourth-order valence-corrected chi connectivity index (χ4v) is 6.71. The Morgan fingerprint density at radius 2 is 1.16 bits per heavy atom. The minimum absolute atomic E-state index is 0.0108. The Bertz CT molecular complexity index is 992. The zero-order valence-corrected chi connectivity index (χ0v) is 23.7. The second-order valence-electron chi connectivity index (χ2n) is 9.49. The average molecular weight is 524 g/mol. The zero-order valence-electron chi connectivity index (χ0n) is 22.8. The van der Waals surface area contributed by atoms with E-state index in [1.807, 2.05) is 123 Å². The summed E-state index contributed by atoms with van der Waals surface area (Å²) in [6.45, 7) is 8.55. The van der Waals surface area contributed by atoms with Gasteiger partial charge in [0.15, 0.2) is 5.60 Å². The van der Waals surface area contributed by atoms with E-state index < -0.39 is 19.1 Å². The van der Waals surface area contributed by atoms with Crippen LogP contribution in [0.4, 0.5) is 0 Å². The summed E-state index contributed by atoms with van der Waals surface area (Å²) in [5.74, 6) is 0. The van der Waals surface area contributed by atoms with Crippen LogP contribution in [-0.4, -0.2) is 43.0 Å². The summed E-state index contributed by atoms with van der Waals surface area (Å²) in [4.78, 5) is 5.13. The minimum atomic E-state index is -2.18. The quantitative estimate of drug-likeness (QED) is 0.0835. The summed E-state index contributed by atoms with van der Waals surface area (Å²) >= 11 is 0. The number of nitrogens with zero attached hydrogens (tertiary/aromatic N) is 1. The van der Waals surface area contributed by atoms with Crippen LogP contribution in [0.25, 0.3) is 0 Å². The molecule has 0 fully saturated rings. The molecule has 198 valence electrons. The summed E-state index contributed by atoms with van der Waals surface area (Å²) in [5, 5.41) is 0. The topological polar surface area (TPSA) is 60.0 Å². The number of nitrogens with one attached hydrogen (secondary N) is 1. The Morgan fingerprint density at radius 3 is 1.49 bits per heavy atom. The van der Waals surface area contributed by atoms with E-state index in [-0.39, 0.29) is 18.5 Å². The van der Waals surface area contributed by atoms with E-state index in [1.165, 1.54) is 0 Å². The van der Waals surface area contributed by atoms with E-state index in [1.54, 1.807) is 14.2 Å². The van der Waals surface area contributed by atoms with Gasteiger partial charge >= 0.3 is 13.5 Å². The summed E-state index contributed by atoms with van der Waals surface area (Å²) in [7, 11) is 0.956. The van der Waals surface area contributed by atoms with E-state index in [9.17, 15) is 4.57 Å². The monoisotopic (exact) mass is 523 g/mol. The Balaban J connectivity index is 2.33. The average Bonchev–Trinajstić information content (AvgIpc) is 2.92. The van der Waals surface area contributed by atoms with E-state index in [0.717, 1.165) is 16.7 Å². The van der Waals surface area contributed by atoms with Crippen LogP contribution in [-0.2, 0) is 24.5 Å². The van der Waals surface area contributed by atoms with Gasteiger partial charge in [-0.2, -0.15) is 0 Å². The number of benzene rings is 3. The van der Waals surface area contributed by atoms with Crippen LogP contribution in [0.15, 0.2) is 91.0 Å². The SMILES string of the molecule is CONCCC(OC)(OC(c1ccccc1)(c1ccccc1)c1ccccc1)[P+](=O)N(C(C)C)C(C)C. The maximum Gasteiger partial charge on any atom is 0.502 e. The van der Waals surface area contributed by atoms with Crippen molar-refractivity contribution < 1.29 is 18.9 Å². The molecule has 6 nitrogen and oxygen atoms in total. The van der Waals surface area contributed by atoms with Crippen molar-refractivity contribution in [3.05, 3.63) is 108 Å². The Labute approximate surface area is 222 Å². The number of hydrogen-bond acceptors (Lipinski definition) is 5. The molecule has 0 amide bonds. The van der Waals surface area contributed by atoms with Crippen LogP contribution >= 0.6 is 7.95 Å². The molecule has 0 saturated heterocycles. The first kappa shape index (κ1) is 29.1. The molecule has 0 aliphatic heterocycles. The van der Waals surface area contributed by atoms with E-state index >= 15 is 0 Å². The van der Waals surface area contributed by atoms with Crippen LogP contribution in [0.5, 0.6) is 0 Å². The highest BCUT2D eigenvalue weighted by atomic mass is 31.1. The second kappa shape index (κ2) is 13.4. The molecule has 2 atom stereocenters. The minimum Gasteiger partial charge on any atom is -0.312 e. The molecule has 3 aromatic carbocycles. The first-order valence-electron chi connectivity index (χ1n) is 12.8. The van der Waals surface area contributed by atoms with Crippen molar-refractivity contribution in [2.45, 2.75) is 57.3 Å². The summed E-state index contributed by atoms with van der Waals surface area (Å²) in [6.07, 6.45) is 0.288. The third-order valence-electron chi connectivity index (χ3n) is 6.42. The van der Waals surface area contributed by atoms with Gasteiger partial charge in [0.25, 0.3) is 0 Å². The first-order chi connectivity index (χ1) is 17.8. The molecule has 3 aromatic rings. The largest absolute Gasteiger partial charge is 0.502 e. The van der Waals surface area contributed by atoms with Gasteiger partial charge in [-0.1, -0.05) is 95.7 Å². The van der Waals surface area contributed by atoms with Gasteiger partial charge < -0.3 is 9.57 Å². The molecule has 0 heterocycles. The Morgan fingerprint density at radius 1 is 0.757 bits per heavy atom. The first-order valence-corrected chi connectivity index (χ1v) is 14.0. The van der Waals surface area contributed by atoms with Crippen LogP contribution in [0.3, 0.4) is 0 Å². The second-order valence-corrected chi connectivity index (χ2v) is 11.2. The number of methoxy groups -OCH3 is 1. The maximum absolute atomic E-state index is 14.6. The van der Waals surface area contributed by atoms with Crippen molar-refractivity contribution in [1.29, 1.82) is 0 Å². The zero-order chi connectivity index (χ0) is 26.9. The van der Waals surface area contributed by atoms with Crippen molar-refractivity contribution in [3.63, 3.8) is 0 Å². The number of hydrogen-bond donors (Lipinski definition) is 1. The van der Waals surface area contributed by atoms with Gasteiger partial charge in [0.1, 0.15) is 0 Å². The fourth-order valence-electron chi connectivity index (χ4n) is 4.84. The van der Waals surface area contributed by atoms with Gasteiger partial charge in [0, 0.05) is 25.7 Å². The molecular formula is C30H40N2O4P+. The van der Waals surface area contributed by atoms with Gasteiger partial charge in [0.2, 0.25) is 0 Å². The lowest BCUT2D eigenvalue weighted by Gasteiger charge is -2.40. The molecule has 0 radical (unpaired) electrons. The standard InChI is InChI=1S/C30H40N2O4P/c1-24(2)32(25(3)4)37(33)29(34-5,22-23-31-35-6)36-30(26-16-10-7-11-17-26,27-18-12-8-13-19-27)28-20-14-9-15-21-28/h7-21,24-25,31H,22-23H2,1-6H3/q+1. The van der Waals surface area contributed by atoms with E-state index in [2.05, 4.69) is 5.48 Å². The molecule has 0 aliphatic carbocycles. The van der Waals surface area contributed by atoms with Crippen LogP contribution in [0.2, 0.25) is 0 Å². The highest BCUT2D eigenvalue weighted by Crippen LogP contribution is 2.54. The highest BCUT2D eigenvalue weighted by Gasteiger charge is 2.61. The summed E-state index contributed by atoms with van der Waals surface area (Å²) in [6, 6.07) is 30.2. The number of hydroxylamine groups is 1. The molecule has 2 unspecified atom stereocenters. The molecule has 37 heavy (non-hydrogen) atoms. The fraction of sp³-hybridized carbons (Fsp3) is 0.400. The van der Waals surface area contributed by atoms with Crippen molar-refractivity contribution in [3.8, 4) is 0 Å². The van der Waals surface area contributed by atoms with Gasteiger partial charge in [-0.25, -0.2) is 5.48 Å². The summed E-state index contributed by atoms with van der Waals surface area (Å²) in [5.41, 5.74) is 3.06. The molecule has 0 saturated carbocycles. The molecule has 0 bridgehead atoms. The lowest BCUT2D eigenvalue weighted by atomic mass is 9.80. The van der Waals surface area contributed by atoms with Gasteiger partial charge in [-0.3, -0.25) is 4.74 Å². The molecule has 1 N–H and O–H groups in total. The van der Waals surface area contributed by atoms with Crippen LogP contribution < -0.4 is 5.48 Å². The number of rotatable bonds is 14. The van der Waals surface area contributed by atoms with E-state index in [4.69, 9.17) is 14.3 Å². The predicted molar refractivity (Wildman–Crippen MR) is 149 cm³/mol. The molecule has 3 rings (SSSR count). The Kier molecular flexibility index (Phi) is 10.5.